The molecule has 0 bridgehead atoms. The molecule has 11 heavy (non-hydrogen) atoms. The summed E-state index contributed by atoms with van der Waals surface area (Å²) in [4.78, 5) is 10.9. The van der Waals surface area contributed by atoms with E-state index in [-0.39, 0.29) is 6.61 Å². The van der Waals surface area contributed by atoms with Gasteiger partial charge in [-0.3, -0.25) is 0 Å². The first-order chi connectivity index (χ1) is 5.29. The van der Waals surface area contributed by atoms with Gasteiger partial charge in [0.15, 0.2) is 0 Å². The summed E-state index contributed by atoms with van der Waals surface area (Å²) in [5.74, 6) is -0.504. The zero-order valence-electron chi connectivity index (χ0n) is 5.66. The predicted molar refractivity (Wildman–Crippen MR) is 33.1 cm³/mol. The quantitative estimate of drug-likeness (QED) is 0.427. The maximum atomic E-state index is 10.9. The van der Waals surface area contributed by atoms with Crippen molar-refractivity contribution in [2.45, 2.75) is 6.29 Å². The average molecular weight is 157 g/mol. The molecule has 0 aromatic rings. The van der Waals surface area contributed by atoms with Gasteiger partial charge in [-0.25, -0.2) is 4.79 Å². The third-order valence-corrected chi connectivity index (χ3v) is 1.65. The lowest BCUT2D eigenvalue weighted by molar-refractivity contribution is -0.152. The molecule has 0 radical (unpaired) electrons. The van der Waals surface area contributed by atoms with Crippen LogP contribution in [0.4, 0.5) is 0 Å². The minimum atomic E-state index is -1.12. The Morgan fingerprint density at radius 3 is 3.18 bits per heavy atom. The molecule has 2 aliphatic heterocycles. The van der Waals surface area contributed by atoms with E-state index in [1.807, 2.05) is 0 Å². The van der Waals surface area contributed by atoms with E-state index in [1.54, 1.807) is 0 Å². The van der Waals surface area contributed by atoms with Crippen molar-refractivity contribution in [1.82, 2.24) is 5.32 Å². The Bertz CT molecular complexity index is 235. The van der Waals surface area contributed by atoms with Crippen molar-refractivity contribution in [1.29, 1.82) is 0 Å². The van der Waals surface area contributed by atoms with Gasteiger partial charge in [0, 0.05) is 0 Å². The van der Waals surface area contributed by atoms with Crippen LogP contribution in [0, 0.1) is 0 Å². The van der Waals surface area contributed by atoms with Crippen LogP contribution in [-0.4, -0.2) is 30.7 Å². The van der Waals surface area contributed by atoms with Crippen molar-refractivity contribution < 1.29 is 19.4 Å². The zero-order valence-corrected chi connectivity index (χ0v) is 5.66. The predicted octanol–water partition coefficient (Wildman–Crippen LogP) is -1.31. The molecule has 1 unspecified atom stereocenters. The molecule has 2 heterocycles. The SMILES string of the molecule is O=C1OC(O)C2=C1NCOC2. The first-order valence-electron chi connectivity index (χ1n) is 3.23. The number of aliphatic hydroxyl groups is 1. The van der Waals surface area contributed by atoms with Crippen LogP contribution in [0.3, 0.4) is 0 Å². The highest BCUT2D eigenvalue weighted by Gasteiger charge is 2.34. The fourth-order valence-corrected chi connectivity index (χ4v) is 1.10. The van der Waals surface area contributed by atoms with Crippen LogP contribution < -0.4 is 5.32 Å². The second-order valence-electron chi connectivity index (χ2n) is 2.33. The number of hydrogen-bond donors (Lipinski definition) is 2. The topological polar surface area (TPSA) is 67.8 Å². The zero-order chi connectivity index (χ0) is 7.84. The number of aliphatic hydroxyl groups excluding tert-OH is 1. The van der Waals surface area contributed by atoms with Crippen LogP contribution in [0.1, 0.15) is 0 Å². The normalized spacial score (nSPS) is 29.5. The van der Waals surface area contributed by atoms with E-state index in [0.29, 0.717) is 18.0 Å². The van der Waals surface area contributed by atoms with E-state index in [1.165, 1.54) is 0 Å². The van der Waals surface area contributed by atoms with Gasteiger partial charge in [-0.05, 0) is 0 Å². The van der Waals surface area contributed by atoms with E-state index >= 15 is 0 Å². The lowest BCUT2D eigenvalue weighted by atomic mass is 10.2. The third-order valence-electron chi connectivity index (χ3n) is 1.65. The lowest BCUT2D eigenvalue weighted by Crippen LogP contribution is -2.28. The molecular formula is C6H7NO4. The minimum Gasteiger partial charge on any atom is -0.427 e. The van der Waals surface area contributed by atoms with Crippen LogP contribution in [0.25, 0.3) is 0 Å². The fraction of sp³-hybridized carbons (Fsp3) is 0.500. The van der Waals surface area contributed by atoms with Gasteiger partial charge in [0.1, 0.15) is 12.4 Å². The standard InChI is InChI=1S/C6H7NO4/c8-5-3-1-10-2-7-4(3)6(9)11-5/h5,7-8H,1-2H2. The van der Waals surface area contributed by atoms with Crippen molar-refractivity contribution in [2.75, 3.05) is 13.3 Å². The lowest BCUT2D eigenvalue weighted by Gasteiger charge is -2.14. The summed E-state index contributed by atoms with van der Waals surface area (Å²) in [5, 5.41) is 11.8. The van der Waals surface area contributed by atoms with Crippen LogP contribution >= 0.6 is 0 Å². The third kappa shape index (κ3) is 0.892. The molecule has 0 aromatic heterocycles. The molecule has 0 amide bonds. The first-order valence-corrected chi connectivity index (χ1v) is 3.23. The molecule has 5 nitrogen and oxygen atoms in total. The van der Waals surface area contributed by atoms with Crippen LogP contribution in [-0.2, 0) is 14.3 Å². The number of esters is 1. The molecule has 60 valence electrons. The molecule has 0 saturated heterocycles. The molecule has 5 heteroatoms. The Kier molecular flexibility index (Phi) is 1.33. The molecule has 2 aliphatic rings. The van der Waals surface area contributed by atoms with Gasteiger partial charge in [-0.2, -0.15) is 0 Å². The van der Waals surface area contributed by atoms with Gasteiger partial charge < -0.3 is 19.9 Å². The number of rotatable bonds is 0. The van der Waals surface area contributed by atoms with Crippen molar-refractivity contribution >= 4 is 5.97 Å². The van der Waals surface area contributed by atoms with Crippen LogP contribution in [0.2, 0.25) is 0 Å². The van der Waals surface area contributed by atoms with Gasteiger partial charge in [-0.1, -0.05) is 0 Å². The van der Waals surface area contributed by atoms with Crippen molar-refractivity contribution in [3.8, 4) is 0 Å². The molecule has 2 rings (SSSR count). The van der Waals surface area contributed by atoms with Gasteiger partial charge in [-0.15, -0.1) is 0 Å². The van der Waals surface area contributed by atoms with E-state index in [4.69, 9.17) is 9.84 Å². The van der Waals surface area contributed by atoms with E-state index in [2.05, 4.69) is 10.1 Å². The summed E-state index contributed by atoms with van der Waals surface area (Å²) in [6.07, 6.45) is -1.12. The Morgan fingerprint density at radius 2 is 2.45 bits per heavy atom. The fourth-order valence-electron chi connectivity index (χ4n) is 1.10. The summed E-state index contributed by atoms with van der Waals surface area (Å²) < 4.78 is 9.45. The van der Waals surface area contributed by atoms with E-state index in [9.17, 15) is 4.79 Å². The second kappa shape index (κ2) is 2.21. The van der Waals surface area contributed by atoms with E-state index in [0.717, 1.165) is 0 Å². The van der Waals surface area contributed by atoms with Gasteiger partial charge in [0.2, 0.25) is 6.29 Å². The minimum absolute atomic E-state index is 0.259. The molecule has 0 saturated carbocycles. The smallest absolute Gasteiger partial charge is 0.357 e. The Morgan fingerprint density at radius 1 is 1.64 bits per heavy atom. The maximum absolute atomic E-state index is 10.9. The van der Waals surface area contributed by atoms with Gasteiger partial charge in [0.05, 0.1) is 12.2 Å². The summed E-state index contributed by atoms with van der Waals surface area (Å²) >= 11 is 0. The summed E-state index contributed by atoms with van der Waals surface area (Å²) in [6.45, 7) is 0.551. The highest BCUT2D eigenvalue weighted by molar-refractivity contribution is 5.91. The molecule has 0 spiro atoms. The van der Waals surface area contributed by atoms with Gasteiger partial charge >= 0.3 is 5.97 Å². The van der Waals surface area contributed by atoms with Crippen LogP contribution in [0.5, 0.6) is 0 Å². The number of ether oxygens (including phenoxy) is 2. The van der Waals surface area contributed by atoms with Crippen molar-refractivity contribution in [3.63, 3.8) is 0 Å². The van der Waals surface area contributed by atoms with Gasteiger partial charge in [0.25, 0.3) is 0 Å². The summed E-state index contributed by atoms with van der Waals surface area (Å²) in [6, 6.07) is 0. The molecule has 0 aliphatic carbocycles. The second-order valence-corrected chi connectivity index (χ2v) is 2.33. The molecular weight excluding hydrogens is 150 g/mol. The highest BCUT2D eigenvalue weighted by Crippen LogP contribution is 2.21. The Hall–Kier alpha value is -1.07. The molecule has 1 atom stereocenters. The van der Waals surface area contributed by atoms with Crippen molar-refractivity contribution in [3.05, 3.63) is 11.3 Å². The van der Waals surface area contributed by atoms with E-state index < -0.39 is 12.3 Å². The first kappa shape index (κ1) is 6.63. The number of cyclic esters (lactones) is 1. The largest absolute Gasteiger partial charge is 0.427 e. The highest BCUT2D eigenvalue weighted by atomic mass is 16.6. The molecule has 0 aromatic carbocycles. The summed E-state index contributed by atoms with van der Waals surface area (Å²) in [5.41, 5.74) is 0.838. The van der Waals surface area contributed by atoms with Crippen molar-refractivity contribution in [2.24, 2.45) is 0 Å². The number of nitrogens with one attached hydrogen (secondary N) is 1. The maximum Gasteiger partial charge on any atom is 0.357 e. The summed E-state index contributed by atoms with van der Waals surface area (Å²) in [7, 11) is 0. The van der Waals surface area contributed by atoms with Crippen LogP contribution in [0.15, 0.2) is 11.3 Å². The number of carbonyl (C=O) groups excluding carboxylic acids is 1. The monoisotopic (exact) mass is 157 g/mol. The Labute approximate surface area is 62.6 Å². The number of carbonyl (C=O) groups is 1. The molecule has 0 fully saturated rings. The average Bonchev–Trinajstić information content (AvgIpc) is 2.30. The number of hydrogen-bond acceptors (Lipinski definition) is 5. The Balaban J connectivity index is 2.32. The molecule has 2 N–H and O–H groups in total.